The summed E-state index contributed by atoms with van der Waals surface area (Å²) in [7, 11) is -3.45. The highest BCUT2D eigenvalue weighted by Gasteiger charge is 2.12. The molecule has 0 atom stereocenters. The number of hydrogen-bond acceptors (Lipinski definition) is 5. The van der Waals surface area contributed by atoms with E-state index in [2.05, 4.69) is 15.1 Å². The molecule has 0 unspecified atom stereocenters. The number of carbonyl (C=O) groups excluding carboxylic acids is 1. The average Bonchev–Trinajstić information content (AvgIpc) is 2.64. The number of nitrogens with zero attached hydrogens (tertiary/aromatic N) is 2. The molecule has 0 saturated heterocycles. The number of hydrogen-bond donors (Lipinski definition) is 2. The molecule has 0 bridgehead atoms. The third-order valence-corrected chi connectivity index (χ3v) is 4.42. The van der Waals surface area contributed by atoms with Crippen molar-refractivity contribution in [3.63, 3.8) is 0 Å². The summed E-state index contributed by atoms with van der Waals surface area (Å²) < 4.78 is 26.5. The predicted octanol–water partition coefficient (Wildman–Crippen LogP) is 2.16. The summed E-state index contributed by atoms with van der Waals surface area (Å²) in [4.78, 5) is 24.6. The molecule has 0 aliphatic carbocycles. The molecule has 1 aromatic heterocycles. The van der Waals surface area contributed by atoms with E-state index in [1.54, 1.807) is 43.3 Å². The van der Waals surface area contributed by atoms with Gasteiger partial charge in [0.2, 0.25) is 10.0 Å². The first-order valence-corrected chi connectivity index (χ1v) is 10.2. The van der Waals surface area contributed by atoms with Gasteiger partial charge in [-0.05, 0) is 42.8 Å². The molecule has 3 rings (SSSR count). The Balaban J connectivity index is 1.88. The van der Waals surface area contributed by atoms with Crippen LogP contribution in [0.1, 0.15) is 16.1 Å². The molecular weight excluding hydrogens is 380 g/mol. The molecule has 2 N–H and O–H groups in total. The van der Waals surface area contributed by atoms with Crippen LogP contribution in [0.25, 0.3) is 5.69 Å². The molecular formula is C19H18N4O4S. The zero-order chi connectivity index (χ0) is 20.3. The lowest BCUT2D eigenvalue weighted by atomic mass is 10.2. The minimum atomic E-state index is -3.45. The van der Waals surface area contributed by atoms with Crippen molar-refractivity contribution in [3.8, 4) is 5.69 Å². The van der Waals surface area contributed by atoms with Crippen LogP contribution < -0.4 is 15.6 Å². The normalized spacial score (nSPS) is 11.1. The van der Waals surface area contributed by atoms with E-state index in [0.717, 1.165) is 10.9 Å². The first kappa shape index (κ1) is 19.3. The lowest BCUT2D eigenvalue weighted by Crippen LogP contribution is -2.24. The Morgan fingerprint density at radius 2 is 1.75 bits per heavy atom. The van der Waals surface area contributed by atoms with Gasteiger partial charge >= 0.3 is 0 Å². The number of carbonyl (C=O) groups is 1. The van der Waals surface area contributed by atoms with Crippen molar-refractivity contribution in [2.45, 2.75) is 6.92 Å². The quantitative estimate of drug-likeness (QED) is 0.684. The van der Waals surface area contributed by atoms with E-state index in [-0.39, 0.29) is 11.3 Å². The first-order chi connectivity index (χ1) is 13.2. The van der Waals surface area contributed by atoms with E-state index < -0.39 is 15.9 Å². The van der Waals surface area contributed by atoms with Crippen molar-refractivity contribution < 1.29 is 13.2 Å². The average molecular weight is 398 g/mol. The maximum Gasteiger partial charge on any atom is 0.276 e. The van der Waals surface area contributed by atoms with E-state index in [9.17, 15) is 18.0 Å². The van der Waals surface area contributed by atoms with E-state index in [1.807, 2.05) is 6.07 Å². The Labute approximate surface area is 161 Å². The molecule has 1 heterocycles. The van der Waals surface area contributed by atoms with Gasteiger partial charge in [0.15, 0.2) is 0 Å². The summed E-state index contributed by atoms with van der Waals surface area (Å²) in [5.74, 6) is -0.529. The molecule has 0 fully saturated rings. The van der Waals surface area contributed by atoms with Crippen LogP contribution in [0.15, 0.2) is 65.5 Å². The van der Waals surface area contributed by atoms with E-state index >= 15 is 0 Å². The summed E-state index contributed by atoms with van der Waals surface area (Å²) >= 11 is 0. The van der Waals surface area contributed by atoms with Gasteiger partial charge in [0.1, 0.15) is 5.69 Å². The van der Waals surface area contributed by atoms with Gasteiger partial charge in [-0.2, -0.15) is 9.78 Å². The molecule has 28 heavy (non-hydrogen) atoms. The van der Waals surface area contributed by atoms with Crippen molar-refractivity contribution >= 4 is 27.3 Å². The van der Waals surface area contributed by atoms with Crippen molar-refractivity contribution in [2.24, 2.45) is 0 Å². The summed E-state index contributed by atoms with van der Waals surface area (Å²) in [6, 6.07) is 16.2. The second kappa shape index (κ2) is 7.65. The Hall–Kier alpha value is -3.46. The topological polar surface area (TPSA) is 110 Å². The molecule has 0 saturated carbocycles. The zero-order valence-electron chi connectivity index (χ0n) is 15.2. The van der Waals surface area contributed by atoms with Gasteiger partial charge in [-0.25, -0.2) is 8.42 Å². The number of rotatable bonds is 5. The Bertz CT molecular complexity index is 1190. The van der Waals surface area contributed by atoms with Crippen LogP contribution in [-0.2, 0) is 10.0 Å². The highest BCUT2D eigenvalue weighted by atomic mass is 32.2. The van der Waals surface area contributed by atoms with Crippen LogP contribution >= 0.6 is 0 Å². The van der Waals surface area contributed by atoms with Gasteiger partial charge in [-0.3, -0.25) is 14.3 Å². The van der Waals surface area contributed by atoms with Gasteiger partial charge in [0.25, 0.3) is 11.5 Å². The SMILES string of the molecule is Cc1ccc(NC(=O)c2ccc(=O)n(-c3ccccc3)n2)cc1NS(C)(=O)=O. The van der Waals surface area contributed by atoms with Crippen molar-refractivity contribution in [1.29, 1.82) is 0 Å². The van der Waals surface area contributed by atoms with Crippen LogP contribution in [0.4, 0.5) is 11.4 Å². The van der Waals surface area contributed by atoms with Crippen LogP contribution in [0, 0.1) is 6.92 Å². The third kappa shape index (κ3) is 4.63. The zero-order valence-corrected chi connectivity index (χ0v) is 16.0. The third-order valence-electron chi connectivity index (χ3n) is 3.82. The standard InChI is InChI=1S/C19H18N4O4S/c1-13-8-9-14(12-17(13)22-28(2,26)27)20-19(25)16-10-11-18(24)23(21-16)15-6-4-3-5-7-15/h3-12,22H,1-2H3,(H,20,25). The highest BCUT2D eigenvalue weighted by molar-refractivity contribution is 7.92. The number of amides is 1. The summed E-state index contributed by atoms with van der Waals surface area (Å²) in [6.45, 7) is 1.75. The Morgan fingerprint density at radius 3 is 2.43 bits per heavy atom. The number of aryl methyl sites for hydroxylation is 1. The van der Waals surface area contributed by atoms with Gasteiger partial charge in [0.05, 0.1) is 17.6 Å². The maximum atomic E-state index is 12.6. The monoisotopic (exact) mass is 398 g/mol. The molecule has 0 spiro atoms. The van der Waals surface area contributed by atoms with Gasteiger partial charge in [-0.15, -0.1) is 0 Å². The molecule has 3 aromatic rings. The molecule has 144 valence electrons. The fourth-order valence-corrected chi connectivity index (χ4v) is 3.11. The lowest BCUT2D eigenvalue weighted by Gasteiger charge is -2.11. The Morgan fingerprint density at radius 1 is 1.04 bits per heavy atom. The molecule has 9 heteroatoms. The summed E-state index contributed by atoms with van der Waals surface area (Å²) in [5, 5.41) is 6.78. The second-order valence-corrected chi connectivity index (χ2v) is 7.91. The number of benzene rings is 2. The van der Waals surface area contributed by atoms with Crippen LogP contribution in [0.5, 0.6) is 0 Å². The largest absolute Gasteiger partial charge is 0.321 e. The molecule has 0 aliphatic rings. The molecule has 1 amide bonds. The van der Waals surface area contributed by atoms with Gasteiger partial charge in [0, 0.05) is 11.8 Å². The summed E-state index contributed by atoms with van der Waals surface area (Å²) in [5.41, 5.74) is 1.68. The van der Waals surface area contributed by atoms with Crippen molar-refractivity contribution in [1.82, 2.24) is 9.78 Å². The molecule has 8 nitrogen and oxygen atoms in total. The number of sulfonamides is 1. The van der Waals surface area contributed by atoms with Crippen LogP contribution in [0.2, 0.25) is 0 Å². The maximum absolute atomic E-state index is 12.6. The molecule has 0 aliphatic heterocycles. The van der Waals surface area contributed by atoms with Crippen LogP contribution in [-0.4, -0.2) is 30.4 Å². The van der Waals surface area contributed by atoms with E-state index in [4.69, 9.17) is 0 Å². The smallest absolute Gasteiger partial charge is 0.276 e. The van der Waals surface area contributed by atoms with Crippen molar-refractivity contribution in [2.75, 3.05) is 16.3 Å². The Kier molecular flexibility index (Phi) is 5.27. The molecule has 0 radical (unpaired) electrons. The van der Waals surface area contributed by atoms with Crippen molar-refractivity contribution in [3.05, 3.63) is 82.3 Å². The molecule has 2 aromatic carbocycles. The van der Waals surface area contributed by atoms with Gasteiger partial charge < -0.3 is 5.32 Å². The fraction of sp³-hybridized carbons (Fsp3) is 0.105. The number of aromatic nitrogens is 2. The van der Waals surface area contributed by atoms with E-state index in [1.165, 1.54) is 18.2 Å². The minimum Gasteiger partial charge on any atom is -0.321 e. The van der Waals surface area contributed by atoms with Gasteiger partial charge in [-0.1, -0.05) is 24.3 Å². The first-order valence-electron chi connectivity index (χ1n) is 8.28. The minimum absolute atomic E-state index is 0.0432. The lowest BCUT2D eigenvalue weighted by molar-refractivity contribution is 0.102. The van der Waals surface area contributed by atoms with Crippen LogP contribution in [0.3, 0.4) is 0 Å². The number of nitrogens with one attached hydrogen (secondary N) is 2. The predicted molar refractivity (Wildman–Crippen MR) is 107 cm³/mol. The highest BCUT2D eigenvalue weighted by Crippen LogP contribution is 2.21. The fourth-order valence-electron chi connectivity index (χ4n) is 2.49. The van der Waals surface area contributed by atoms with E-state index in [0.29, 0.717) is 22.6 Å². The number of anilines is 2. The number of para-hydroxylation sites is 1. The second-order valence-electron chi connectivity index (χ2n) is 6.16. The summed E-state index contributed by atoms with van der Waals surface area (Å²) in [6.07, 6.45) is 1.05.